The smallest absolute Gasteiger partial charge is 0.251 e. The second-order valence-corrected chi connectivity index (χ2v) is 10.1. The molecule has 1 aromatic carbocycles. The van der Waals surface area contributed by atoms with Crippen molar-refractivity contribution in [3.8, 4) is 10.4 Å². The van der Waals surface area contributed by atoms with E-state index in [2.05, 4.69) is 41.2 Å². The molecule has 2 atom stereocenters. The van der Waals surface area contributed by atoms with E-state index >= 15 is 0 Å². The van der Waals surface area contributed by atoms with Gasteiger partial charge in [-0.25, -0.2) is 4.98 Å². The fourth-order valence-corrected chi connectivity index (χ4v) is 5.58. The van der Waals surface area contributed by atoms with Crippen molar-refractivity contribution in [3.63, 3.8) is 0 Å². The van der Waals surface area contributed by atoms with Gasteiger partial charge in [0.15, 0.2) is 5.13 Å². The topological polar surface area (TPSA) is 67.3 Å². The summed E-state index contributed by atoms with van der Waals surface area (Å²) in [6, 6.07) is 9.44. The summed E-state index contributed by atoms with van der Waals surface area (Å²) in [6.45, 7) is 12.0. The van der Waals surface area contributed by atoms with Crippen LogP contribution < -0.4 is 10.2 Å². The zero-order valence-electron chi connectivity index (χ0n) is 19.6. The van der Waals surface area contributed by atoms with Crippen molar-refractivity contribution < 1.29 is 9.53 Å². The quantitative estimate of drug-likeness (QED) is 0.530. The van der Waals surface area contributed by atoms with Crippen LogP contribution in [0, 0.1) is 20.8 Å². The normalized spacial score (nSPS) is 18.4. The summed E-state index contributed by atoms with van der Waals surface area (Å²) in [7, 11) is 0. The number of carbonyl (C=O) groups excluding carboxylic acids is 1. The Morgan fingerprint density at radius 3 is 2.42 bits per heavy atom. The first-order valence-corrected chi connectivity index (χ1v) is 12.3. The minimum atomic E-state index is -0.139. The van der Waals surface area contributed by atoms with Gasteiger partial charge in [-0.2, -0.15) is 0 Å². The number of nitrogens with zero attached hydrogens (tertiary/aromatic N) is 3. The maximum absolute atomic E-state index is 12.9. The van der Waals surface area contributed by atoms with Crippen molar-refractivity contribution in [2.24, 2.45) is 0 Å². The molecule has 6 nitrogen and oxygen atoms in total. The Bertz CT molecular complexity index is 1150. The highest BCUT2D eigenvalue weighted by Gasteiger charge is 2.26. The van der Waals surface area contributed by atoms with Gasteiger partial charge in [0.05, 0.1) is 29.3 Å². The molecule has 1 aliphatic heterocycles. The van der Waals surface area contributed by atoms with Gasteiger partial charge >= 0.3 is 0 Å². The van der Waals surface area contributed by atoms with Crippen LogP contribution in [0.15, 0.2) is 30.3 Å². The maximum atomic E-state index is 12.9. The molecule has 174 valence electrons. The molecule has 1 amide bonds. The summed E-state index contributed by atoms with van der Waals surface area (Å²) in [5.74, 6) is -0.139. The monoisotopic (exact) mass is 484 g/mol. The molecule has 2 aromatic heterocycles. The lowest BCUT2D eigenvalue weighted by molar-refractivity contribution is -0.00523. The van der Waals surface area contributed by atoms with E-state index in [1.54, 1.807) is 29.5 Å². The number of anilines is 1. The Morgan fingerprint density at radius 2 is 1.79 bits per heavy atom. The van der Waals surface area contributed by atoms with Crippen molar-refractivity contribution in [1.29, 1.82) is 0 Å². The van der Waals surface area contributed by atoms with Crippen LogP contribution in [0.5, 0.6) is 0 Å². The number of hydrogen-bond donors (Lipinski definition) is 1. The van der Waals surface area contributed by atoms with Crippen LogP contribution in [-0.2, 0) is 11.3 Å². The molecule has 0 unspecified atom stereocenters. The molecule has 4 rings (SSSR count). The molecule has 3 heterocycles. The Labute approximate surface area is 204 Å². The summed E-state index contributed by atoms with van der Waals surface area (Å²) in [5.41, 5.74) is 5.30. The molecule has 0 saturated carbocycles. The first-order chi connectivity index (χ1) is 15.7. The number of benzene rings is 1. The van der Waals surface area contributed by atoms with Gasteiger partial charge in [-0.05, 0) is 76.1 Å². The fraction of sp³-hybridized carbons (Fsp3) is 0.400. The van der Waals surface area contributed by atoms with Crippen LogP contribution in [0.2, 0.25) is 5.02 Å². The highest BCUT2D eigenvalue weighted by atomic mass is 35.5. The Kier molecular flexibility index (Phi) is 7.02. The molecule has 1 fully saturated rings. The van der Waals surface area contributed by atoms with Gasteiger partial charge in [0.1, 0.15) is 0 Å². The van der Waals surface area contributed by atoms with E-state index in [0.29, 0.717) is 17.1 Å². The average molecular weight is 485 g/mol. The predicted molar refractivity (Wildman–Crippen MR) is 134 cm³/mol. The van der Waals surface area contributed by atoms with Crippen molar-refractivity contribution >= 4 is 34.0 Å². The largest absolute Gasteiger partial charge is 0.372 e. The van der Waals surface area contributed by atoms with Crippen LogP contribution in [0.1, 0.15) is 46.9 Å². The molecule has 1 N–H and O–H groups in total. The van der Waals surface area contributed by atoms with Crippen molar-refractivity contribution in [1.82, 2.24) is 15.3 Å². The standard InChI is InChI=1S/C25H29ClN4O2S/c1-14-8-20(26)6-7-21(14)24(31)27-11-22-23(19-9-15(2)28-16(3)10-19)33-25(29-22)30-12-17(4)32-18(5)13-30/h6-10,17-18H,11-13H2,1-5H3,(H,27,31)/t17-,18+. The number of carbonyl (C=O) groups is 1. The first-order valence-electron chi connectivity index (χ1n) is 11.1. The van der Waals surface area contributed by atoms with Crippen LogP contribution in [0.3, 0.4) is 0 Å². The number of ether oxygens (including phenoxy) is 1. The SMILES string of the molecule is Cc1cc(-c2sc(N3C[C@@H](C)O[C@@H](C)C3)nc2CNC(=O)c2ccc(Cl)cc2C)cc(C)n1. The van der Waals surface area contributed by atoms with E-state index < -0.39 is 0 Å². The van der Waals surface area contributed by atoms with Gasteiger partial charge in [0, 0.05) is 35.1 Å². The number of pyridine rings is 1. The van der Waals surface area contributed by atoms with E-state index in [-0.39, 0.29) is 18.1 Å². The lowest BCUT2D eigenvalue weighted by atomic mass is 10.1. The molecule has 8 heteroatoms. The number of nitrogens with one attached hydrogen (secondary N) is 1. The lowest BCUT2D eigenvalue weighted by Crippen LogP contribution is -2.45. The zero-order chi connectivity index (χ0) is 23.7. The van der Waals surface area contributed by atoms with Crippen molar-refractivity contribution in [3.05, 3.63) is 63.6 Å². The third-order valence-electron chi connectivity index (χ3n) is 5.57. The van der Waals surface area contributed by atoms with Gasteiger partial charge in [0.2, 0.25) is 0 Å². The van der Waals surface area contributed by atoms with Crippen molar-refractivity contribution in [2.75, 3.05) is 18.0 Å². The molecule has 1 aliphatic rings. The van der Waals surface area contributed by atoms with Crippen molar-refractivity contribution in [2.45, 2.75) is 53.4 Å². The Balaban J connectivity index is 1.65. The number of halogens is 1. The molecule has 1 saturated heterocycles. The van der Waals surface area contributed by atoms with Gasteiger partial charge in [-0.3, -0.25) is 9.78 Å². The molecule has 0 spiro atoms. The first kappa shape index (κ1) is 23.7. The summed E-state index contributed by atoms with van der Waals surface area (Å²) in [6.07, 6.45) is 0.282. The number of hydrogen-bond acceptors (Lipinski definition) is 6. The van der Waals surface area contributed by atoms with E-state index in [4.69, 9.17) is 21.3 Å². The third-order valence-corrected chi connectivity index (χ3v) is 7.01. The summed E-state index contributed by atoms with van der Waals surface area (Å²) >= 11 is 7.70. The maximum Gasteiger partial charge on any atom is 0.251 e. The summed E-state index contributed by atoms with van der Waals surface area (Å²) in [4.78, 5) is 25.7. The van der Waals surface area contributed by atoms with Crippen LogP contribution in [0.4, 0.5) is 5.13 Å². The number of aromatic nitrogens is 2. The Hall–Kier alpha value is -2.48. The van der Waals surface area contributed by atoms with Gasteiger partial charge in [0.25, 0.3) is 5.91 Å². The second kappa shape index (κ2) is 9.79. The van der Waals surface area contributed by atoms with E-state index in [0.717, 1.165) is 51.3 Å². The number of thiazole rings is 1. The summed E-state index contributed by atoms with van der Waals surface area (Å²) in [5, 5.41) is 4.62. The minimum absolute atomic E-state index is 0.139. The molecule has 3 aromatic rings. The molecule has 33 heavy (non-hydrogen) atoms. The average Bonchev–Trinajstić information content (AvgIpc) is 3.15. The molecule has 0 aliphatic carbocycles. The van der Waals surface area contributed by atoms with Crippen LogP contribution >= 0.6 is 22.9 Å². The van der Waals surface area contributed by atoms with E-state index in [1.807, 2.05) is 20.8 Å². The van der Waals surface area contributed by atoms with Gasteiger partial charge < -0.3 is 15.0 Å². The summed E-state index contributed by atoms with van der Waals surface area (Å²) < 4.78 is 5.90. The highest BCUT2D eigenvalue weighted by molar-refractivity contribution is 7.19. The van der Waals surface area contributed by atoms with Gasteiger partial charge in [-0.1, -0.05) is 22.9 Å². The molecule has 0 bridgehead atoms. The lowest BCUT2D eigenvalue weighted by Gasteiger charge is -2.35. The number of amides is 1. The fourth-order valence-electron chi connectivity index (χ4n) is 4.26. The minimum Gasteiger partial charge on any atom is -0.372 e. The molecular formula is C25H29ClN4O2S. The number of morpholine rings is 1. The number of rotatable bonds is 5. The Morgan fingerprint density at radius 1 is 1.12 bits per heavy atom. The molecular weight excluding hydrogens is 456 g/mol. The van der Waals surface area contributed by atoms with Gasteiger partial charge in [-0.15, -0.1) is 0 Å². The third kappa shape index (κ3) is 5.54. The number of aryl methyl sites for hydroxylation is 3. The predicted octanol–water partition coefficient (Wildman–Crippen LogP) is 5.33. The zero-order valence-corrected chi connectivity index (χ0v) is 21.2. The second-order valence-electron chi connectivity index (χ2n) is 8.72. The van der Waals surface area contributed by atoms with E-state index in [1.165, 1.54) is 0 Å². The van der Waals surface area contributed by atoms with Crippen LogP contribution in [-0.4, -0.2) is 41.2 Å². The van der Waals surface area contributed by atoms with Crippen LogP contribution in [0.25, 0.3) is 10.4 Å². The molecule has 0 radical (unpaired) electrons. The van der Waals surface area contributed by atoms with E-state index in [9.17, 15) is 4.79 Å². The highest BCUT2D eigenvalue weighted by Crippen LogP contribution is 2.36.